The number of nitrogens with one attached hydrogen (secondary N) is 1. The minimum atomic E-state index is 0.480. The van der Waals surface area contributed by atoms with E-state index in [1.807, 2.05) is 17.9 Å². The molecular weight excluding hydrogens is 212 g/mol. The largest absolute Gasteiger partial charge is 0.314 e. The van der Waals surface area contributed by atoms with Crippen LogP contribution < -0.4 is 5.32 Å². The molecule has 0 bridgehead atoms. The average Bonchev–Trinajstić information content (AvgIpc) is 2.71. The van der Waals surface area contributed by atoms with Gasteiger partial charge >= 0.3 is 0 Å². The number of piperazine rings is 1. The zero-order chi connectivity index (χ0) is 11.8. The third-order valence-corrected chi connectivity index (χ3v) is 3.67. The second-order valence-corrected chi connectivity index (χ2v) is 4.79. The lowest BCUT2D eigenvalue weighted by molar-refractivity contribution is 0.202. The van der Waals surface area contributed by atoms with Crippen LogP contribution in [0.25, 0.3) is 10.9 Å². The minimum Gasteiger partial charge on any atom is -0.314 e. The number of rotatable bonds is 1. The van der Waals surface area contributed by atoms with E-state index in [1.165, 1.54) is 16.5 Å². The lowest BCUT2D eigenvalue weighted by atomic mass is 10.0. The number of benzene rings is 1. The quantitative estimate of drug-likeness (QED) is 0.798. The van der Waals surface area contributed by atoms with Crippen molar-refractivity contribution in [2.75, 3.05) is 26.7 Å². The van der Waals surface area contributed by atoms with Gasteiger partial charge in [0.05, 0.1) is 11.7 Å². The second kappa shape index (κ2) is 4.13. The molecule has 1 fully saturated rings. The smallest absolute Gasteiger partial charge is 0.0679 e. The van der Waals surface area contributed by atoms with Crippen LogP contribution in [0.3, 0.4) is 0 Å². The molecule has 0 amide bonds. The Labute approximate surface area is 101 Å². The number of likely N-dealkylation sites (N-methyl/N-ethyl adjacent to an activating group) is 1. The highest BCUT2D eigenvalue weighted by Gasteiger charge is 2.20. The minimum absolute atomic E-state index is 0.480. The van der Waals surface area contributed by atoms with Gasteiger partial charge in [-0.3, -0.25) is 9.58 Å². The van der Waals surface area contributed by atoms with Gasteiger partial charge in [-0.1, -0.05) is 6.07 Å². The van der Waals surface area contributed by atoms with Crippen molar-refractivity contribution in [3.05, 3.63) is 30.0 Å². The van der Waals surface area contributed by atoms with Gasteiger partial charge in [-0.05, 0) is 24.7 Å². The van der Waals surface area contributed by atoms with Crippen molar-refractivity contribution in [3.63, 3.8) is 0 Å². The van der Waals surface area contributed by atoms with Crippen molar-refractivity contribution in [2.24, 2.45) is 7.05 Å². The summed E-state index contributed by atoms with van der Waals surface area (Å²) < 4.78 is 1.92. The monoisotopic (exact) mass is 230 g/mol. The fraction of sp³-hybridized carbons (Fsp3) is 0.462. The number of hydrogen-bond acceptors (Lipinski definition) is 3. The molecule has 1 aromatic heterocycles. The predicted octanol–water partition coefficient (Wildman–Crippen LogP) is 1.15. The highest BCUT2D eigenvalue weighted by Crippen LogP contribution is 2.24. The van der Waals surface area contributed by atoms with E-state index in [9.17, 15) is 0 Å². The van der Waals surface area contributed by atoms with Crippen molar-refractivity contribution in [3.8, 4) is 0 Å². The molecule has 0 aliphatic carbocycles. The molecule has 0 radical (unpaired) electrons. The first kappa shape index (κ1) is 10.7. The molecule has 1 aliphatic heterocycles. The Morgan fingerprint density at radius 3 is 3.06 bits per heavy atom. The van der Waals surface area contributed by atoms with Crippen LogP contribution in [0.2, 0.25) is 0 Å². The van der Waals surface area contributed by atoms with Crippen LogP contribution in [0, 0.1) is 0 Å². The molecule has 4 nitrogen and oxygen atoms in total. The number of aryl methyl sites for hydroxylation is 1. The summed E-state index contributed by atoms with van der Waals surface area (Å²) in [5.74, 6) is 0. The van der Waals surface area contributed by atoms with Crippen LogP contribution in [0.4, 0.5) is 0 Å². The van der Waals surface area contributed by atoms with Crippen LogP contribution in [-0.2, 0) is 7.05 Å². The summed E-state index contributed by atoms with van der Waals surface area (Å²) >= 11 is 0. The number of aromatic nitrogens is 2. The first-order valence-electron chi connectivity index (χ1n) is 6.08. The van der Waals surface area contributed by atoms with Gasteiger partial charge in [-0.2, -0.15) is 5.10 Å². The third kappa shape index (κ3) is 1.83. The zero-order valence-electron chi connectivity index (χ0n) is 10.3. The van der Waals surface area contributed by atoms with E-state index in [2.05, 4.69) is 40.6 Å². The fourth-order valence-corrected chi connectivity index (χ4v) is 2.57. The first-order chi connectivity index (χ1) is 8.25. The SMILES string of the molecule is CN1CCNC[C@@H]1c1ccc2c(cnn2C)c1. The maximum absolute atomic E-state index is 4.29. The van der Waals surface area contributed by atoms with Crippen LogP contribution in [0.1, 0.15) is 11.6 Å². The summed E-state index contributed by atoms with van der Waals surface area (Å²) in [5.41, 5.74) is 2.57. The van der Waals surface area contributed by atoms with Gasteiger partial charge in [-0.15, -0.1) is 0 Å². The van der Waals surface area contributed by atoms with Gasteiger partial charge in [-0.25, -0.2) is 0 Å². The van der Waals surface area contributed by atoms with E-state index in [0.717, 1.165) is 19.6 Å². The van der Waals surface area contributed by atoms with Crippen LogP contribution >= 0.6 is 0 Å². The standard InChI is InChI=1S/C13H18N4/c1-16-6-5-14-9-13(16)10-3-4-12-11(7-10)8-15-17(12)2/h3-4,7-8,13-14H,5-6,9H2,1-2H3/t13-/m1/s1. The Morgan fingerprint density at radius 2 is 2.24 bits per heavy atom. The predicted molar refractivity (Wildman–Crippen MR) is 69.0 cm³/mol. The van der Waals surface area contributed by atoms with Gasteiger partial charge in [0.15, 0.2) is 0 Å². The number of hydrogen-bond donors (Lipinski definition) is 1. The summed E-state index contributed by atoms with van der Waals surface area (Å²) in [6.07, 6.45) is 1.94. The van der Waals surface area contributed by atoms with Crippen molar-refractivity contribution in [1.29, 1.82) is 0 Å². The lowest BCUT2D eigenvalue weighted by Gasteiger charge is -2.33. The maximum Gasteiger partial charge on any atom is 0.0679 e. The van der Waals surface area contributed by atoms with E-state index in [0.29, 0.717) is 6.04 Å². The molecule has 1 atom stereocenters. The molecule has 90 valence electrons. The molecule has 3 rings (SSSR count). The molecule has 1 saturated heterocycles. The number of nitrogens with zero attached hydrogens (tertiary/aromatic N) is 3. The highest BCUT2D eigenvalue weighted by molar-refractivity contribution is 5.79. The van der Waals surface area contributed by atoms with Crippen LogP contribution in [0.5, 0.6) is 0 Å². The molecule has 1 N–H and O–H groups in total. The highest BCUT2D eigenvalue weighted by atomic mass is 15.2. The maximum atomic E-state index is 4.29. The summed E-state index contributed by atoms with van der Waals surface area (Å²) in [6.45, 7) is 3.22. The Bertz CT molecular complexity index is 531. The molecular formula is C13H18N4. The first-order valence-corrected chi connectivity index (χ1v) is 6.08. The Balaban J connectivity index is 1.99. The molecule has 0 saturated carbocycles. The molecule has 1 aromatic carbocycles. The summed E-state index contributed by atoms with van der Waals surface area (Å²) in [4.78, 5) is 2.41. The lowest BCUT2D eigenvalue weighted by Crippen LogP contribution is -2.43. The second-order valence-electron chi connectivity index (χ2n) is 4.79. The number of fused-ring (bicyclic) bond motifs is 1. The summed E-state index contributed by atoms with van der Waals surface area (Å²) in [6, 6.07) is 7.13. The van der Waals surface area contributed by atoms with Gasteiger partial charge in [0.25, 0.3) is 0 Å². The van der Waals surface area contributed by atoms with E-state index in [4.69, 9.17) is 0 Å². The van der Waals surface area contributed by atoms with E-state index in [-0.39, 0.29) is 0 Å². The van der Waals surface area contributed by atoms with Gasteiger partial charge in [0.1, 0.15) is 0 Å². The van der Waals surface area contributed by atoms with E-state index < -0.39 is 0 Å². The van der Waals surface area contributed by atoms with Crippen molar-refractivity contribution in [1.82, 2.24) is 20.0 Å². The van der Waals surface area contributed by atoms with E-state index in [1.54, 1.807) is 0 Å². The molecule has 2 heterocycles. The molecule has 2 aromatic rings. The Morgan fingerprint density at radius 1 is 1.35 bits per heavy atom. The molecule has 4 heteroatoms. The Kier molecular flexibility index (Phi) is 2.61. The van der Waals surface area contributed by atoms with Gasteiger partial charge in [0, 0.05) is 38.1 Å². The Hall–Kier alpha value is -1.39. The fourth-order valence-electron chi connectivity index (χ4n) is 2.57. The third-order valence-electron chi connectivity index (χ3n) is 3.67. The summed E-state index contributed by atoms with van der Waals surface area (Å²) in [7, 11) is 4.18. The van der Waals surface area contributed by atoms with Crippen molar-refractivity contribution in [2.45, 2.75) is 6.04 Å². The topological polar surface area (TPSA) is 33.1 Å². The van der Waals surface area contributed by atoms with Crippen LogP contribution in [-0.4, -0.2) is 41.4 Å². The van der Waals surface area contributed by atoms with Gasteiger partial charge in [0.2, 0.25) is 0 Å². The van der Waals surface area contributed by atoms with E-state index >= 15 is 0 Å². The molecule has 0 unspecified atom stereocenters. The normalized spacial score (nSPS) is 22.1. The molecule has 1 aliphatic rings. The molecule has 17 heavy (non-hydrogen) atoms. The molecule has 0 spiro atoms. The van der Waals surface area contributed by atoms with Gasteiger partial charge < -0.3 is 5.32 Å². The average molecular weight is 230 g/mol. The van der Waals surface area contributed by atoms with Crippen molar-refractivity contribution < 1.29 is 0 Å². The summed E-state index contributed by atoms with van der Waals surface area (Å²) in [5, 5.41) is 8.97. The zero-order valence-corrected chi connectivity index (χ0v) is 10.3. The van der Waals surface area contributed by atoms with Crippen molar-refractivity contribution >= 4 is 10.9 Å². The van der Waals surface area contributed by atoms with Crippen LogP contribution in [0.15, 0.2) is 24.4 Å².